The van der Waals surface area contributed by atoms with Crippen molar-refractivity contribution in [1.82, 2.24) is 9.97 Å². The Kier molecular flexibility index (Phi) is 7.54. The number of nitrogens with zero attached hydrogens (tertiary/aromatic N) is 2. The third kappa shape index (κ3) is 6.31. The summed E-state index contributed by atoms with van der Waals surface area (Å²) in [6, 6.07) is 1.24. The van der Waals surface area contributed by atoms with Crippen LogP contribution in [0, 0.1) is 23.7 Å². The molecule has 2 aromatic rings. The number of rotatable bonds is 8. The van der Waals surface area contributed by atoms with E-state index in [9.17, 15) is 23.4 Å². The van der Waals surface area contributed by atoms with Crippen LogP contribution in [0.1, 0.15) is 52.6 Å². The highest BCUT2D eigenvalue weighted by molar-refractivity contribution is 7.84. The van der Waals surface area contributed by atoms with E-state index in [0.29, 0.717) is 29.2 Å². The Balaban J connectivity index is 1.47. The number of aliphatic hydroxyl groups is 2. The van der Waals surface area contributed by atoms with Crippen LogP contribution in [0.5, 0.6) is 0 Å². The normalized spacial score (nSPS) is 23.2. The van der Waals surface area contributed by atoms with Crippen LogP contribution in [0.3, 0.4) is 0 Å². The van der Waals surface area contributed by atoms with Crippen LogP contribution < -0.4 is 10.5 Å². The second-order valence-corrected chi connectivity index (χ2v) is 11.2. The topological polar surface area (TPSA) is 165 Å². The molecule has 2 aliphatic carbocycles. The molecule has 2 fully saturated rings. The summed E-state index contributed by atoms with van der Waals surface area (Å²) in [6.45, 7) is -0.240. The number of aliphatic hydroxyl groups excluding tert-OH is 2. The maximum Gasteiger partial charge on any atom is 0.333 e. The highest BCUT2D eigenvalue weighted by Gasteiger charge is 2.35. The van der Waals surface area contributed by atoms with Gasteiger partial charge in [-0.2, -0.15) is 8.42 Å². The Morgan fingerprint density at radius 3 is 2.88 bits per heavy atom. The van der Waals surface area contributed by atoms with Crippen molar-refractivity contribution in [2.45, 2.75) is 43.9 Å². The molecule has 4 rings (SSSR count). The van der Waals surface area contributed by atoms with Crippen LogP contribution >= 0.6 is 22.9 Å². The van der Waals surface area contributed by atoms with E-state index in [1.54, 1.807) is 0 Å². The molecule has 2 aromatic heterocycles. The lowest BCUT2D eigenvalue weighted by atomic mass is 10.1. The Morgan fingerprint density at radius 2 is 2.18 bits per heavy atom. The first kappa shape index (κ1) is 25.0. The van der Waals surface area contributed by atoms with Crippen molar-refractivity contribution in [2.24, 2.45) is 17.0 Å². The minimum atomic E-state index is -4.11. The van der Waals surface area contributed by atoms with Crippen LogP contribution in [-0.2, 0) is 14.5 Å². The van der Waals surface area contributed by atoms with Crippen molar-refractivity contribution in [3.05, 3.63) is 38.9 Å². The summed E-state index contributed by atoms with van der Waals surface area (Å²) in [5, 5.41) is 28.6. The molecule has 0 amide bonds. The third-order valence-electron chi connectivity index (χ3n) is 5.63. The summed E-state index contributed by atoms with van der Waals surface area (Å²) in [7, 11) is -4.11. The van der Waals surface area contributed by atoms with Gasteiger partial charge >= 0.3 is 10.3 Å². The van der Waals surface area contributed by atoms with Crippen LogP contribution in [0.4, 0.5) is 5.82 Å². The predicted octanol–water partition coefficient (Wildman–Crippen LogP) is 1.64. The first-order valence-electron chi connectivity index (χ1n) is 10.6. The molecule has 0 saturated heterocycles. The maximum absolute atomic E-state index is 13.2. The molecule has 2 aliphatic rings. The average Bonchev–Trinajstić information content (AvgIpc) is 3.43. The summed E-state index contributed by atoms with van der Waals surface area (Å²) in [5.41, 5.74) is 0.579. The number of nitrogens with one attached hydrogen (secondary N) is 1. The molecule has 5 N–H and O–H groups in total. The van der Waals surface area contributed by atoms with Gasteiger partial charge < -0.3 is 15.5 Å². The zero-order valence-corrected chi connectivity index (χ0v) is 20.2. The SMILES string of the molecule is NS(=O)(=O)OC[C@H]1C[C@@H](Nc2ncncc2C(=O)c2cc(C(O)C#CC3CC3)c(Cl)s2)C[C@@H]1O. The van der Waals surface area contributed by atoms with Crippen LogP contribution in [0.25, 0.3) is 0 Å². The Bertz CT molecular complexity index is 1240. The van der Waals surface area contributed by atoms with Gasteiger partial charge in [-0.15, -0.1) is 11.3 Å². The number of halogens is 1. The lowest BCUT2D eigenvalue weighted by Crippen LogP contribution is -2.24. The number of thiophene rings is 1. The van der Waals surface area contributed by atoms with Crippen LogP contribution in [-0.4, -0.2) is 53.1 Å². The number of carbonyl (C=O) groups excluding carboxylic acids is 1. The summed E-state index contributed by atoms with van der Waals surface area (Å²) in [5.74, 6) is 5.53. The molecule has 34 heavy (non-hydrogen) atoms. The fourth-order valence-electron chi connectivity index (χ4n) is 3.70. The largest absolute Gasteiger partial charge is 0.393 e. The van der Waals surface area contributed by atoms with Gasteiger partial charge in [-0.1, -0.05) is 23.4 Å². The molecule has 0 aliphatic heterocycles. The number of nitrogens with two attached hydrogens (primary N) is 1. The van der Waals surface area contributed by atoms with Gasteiger partial charge in [0.15, 0.2) is 0 Å². The number of hydrogen-bond donors (Lipinski definition) is 4. The van der Waals surface area contributed by atoms with Crippen molar-refractivity contribution < 1.29 is 27.6 Å². The zero-order chi connectivity index (χ0) is 24.5. The van der Waals surface area contributed by atoms with Gasteiger partial charge in [-0.3, -0.25) is 8.98 Å². The van der Waals surface area contributed by atoms with Gasteiger partial charge in [0.2, 0.25) is 5.78 Å². The Labute approximate surface area is 205 Å². The van der Waals surface area contributed by atoms with Crippen LogP contribution in [0.2, 0.25) is 4.34 Å². The van der Waals surface area contributed by atoms with Crippen LogP contribution in [0.15, 0.2) is 18.6 Å². The third-order valence-corrected chi connectivity index (χ3v) is 7.49. The first-order valence-corrected chi connectivity index (χ1v) is 13.2. The monoisotopic (exact) mass is 526 g/mol. The molecule has 182 valence electrons. The van der Waals surface area contributed by atoms with Gasteiger partial charge in [0, 0.05) is 29.6 Å². The number of anilines is 1. The molecule has 2 heterocycles. The molecule has 2 saturated carbocycles. The fourth-order valence-corrected chi connectivity index (χ4v) is 5.34. The molecule has 0 radical (unpaired) electrons. The summed E-state index contributed by atoms with van der Waals surface area (Å²) in [6.07, 6.45) is 3.53. The van der Waals surface area contributed by atoms with Crippen molar-refractivity contribution in [2.75, 3.05) is 11.9 Å². The molecule has 0 aromatic carbocycles. The second-order valence-electron chi connectivity index (χ2n) is 8.34. The van der Waals surface area contributed by atoms with Gasteiger partial charge in [-0.25, -0.2) is 15.1 Å². The zero-order valence-electron chi connectivity index (χ0n) is 17.8. The minimum Gasteiger partial charge on any atom is -0.393 e. The van der Waals surface area contributed by atoms with E-state index in [4.69, 9.17) is 16.7 Å². The highest BCUT2D eigenvalue weighted by atomic mass is 35.5. The highest BCUT2D eigenvalue weighted by Crippen LogP contribution is 2.35. The summed E-state index contributed by atoms with van der Waals surface area (Å²) >= 11 is 7.31. The molecule has 10 nitrogen and oxygen atoms in total. The maximum atomic E-state index is 13.2. The molecule has 13 heteroatoms. The van der Waals surface area contributed by atoms with Gasteiger partial charge in [0.25, 0.3) is 0 Å². The van der Waals surface area contributed by atoms with E-state index >= 15 is 0 Å². The quantitative estimate of drug-likeness (QED) is 0.295. The predicted molar refractivity (Wildman–Crippen MR) is 125 cm³/mol. The molecule has 0 bridgehead atoms. The van der Waals surface area contributed by atoms with E-state index in [1.807, 2.05) is 0 Å². The lowest BCUT2D eigenvalue weighted by Gasteiger charge is -2.15. The average molecular weight is 527 g/mol. The first-order chi connectivity index (χ1) is 16.1. The molecule has 0 spiro atoms. The lowest BCUT2D eigenvalue weighted by molar-refractivity contribution is 0.101. The molecular formula is C21H23ClN4O6S2. The fraction of sp³-hybridized carbons (Fsp3) is 0.476. The van der Waals surface area contributed by atoms with Crippen molar-refractivity contribution in [3.8, 4) is 11.8 Å². The molecule has 4 atom stereocenters. The number of carbonyl (C=O) groups is 1. The summed E-state index contributed by atoms with van der Waals surface area (Å²) in [4.78, 5) is 21.6. The number of hydrogen-bond acceptors (Lipinski definition) is 10. The van der Waals surface area contributed by atoms with Gasteiger partial charge in [0.05, 0.1) is 23.2 Å². The van der Waals surface area contributed by atoms with E-state index in [1.165, 1.54) is 18.6 Å². The van der Waals surface area contributed by atoms with Gasteiger partial charge in [0.1, 0.15) is 22.6 Å². The van der Waals surface area contributed by atoms with Crippen molar-refractivity contribution in [1.29, 1.82) is 0 Å². The second kappa shape index (κ2) is 10.2. The number of aromatic nitrogens is 2. The van der Waals surface area contributed by atoms with Crippen molar-refractivity contribution >= 4 is 44.8 Å². The number of ketones is 1. The van der Waals surface area contributed by atoms with E-state index in [-0.39, 0.29) is 34.1 Å². The van der Waals surface area contributed by atoms with Crippen molar-refractivity contribution in [3.63, 3.8) is 0 Å². The molecular weight excluding hydrogens is 504 g/mol. The smallest absolute Gasteiger partial charge is 0.333 e. The Hall–Kier alpha value is -2.11. The minimum absolute atomic E-state index is 0.198. The van der Waals surface area contributed by atoms with Gasteiger partial charge in [-0.05, 0) is 31.7 Å². The van der Waals surface area contributed by atoms with E-state index in [0.717, 1.165) is 24.2 Å². The van der Waals surface area contributed by atoms with E-state index < -0.39 is 28.4 Å². The van der Waals surface area contributed by atoms with E-state index in [2.05, 4.69) is 31.3 Å². The molecule has 1 unspecified atom stereocenters. The summed E-state index contributed by atoms with van der Waals surface area (Å²) < 4.78 is 27.0. The standard InChI is InChI=1S/C21H23ClN4O6S2/c22-20-14(16(27)4-3-11-1-2-11)7-18(33-20)19(29)15-8-24-10-25-21(15)26-13-5-12(17(28)6-13)9-32-34(23,30)31/h7-8,10-13,16-17,27-28H,1-2,5-6,9H2,(H2,23,30,31)(H,24,25,26)/t12-,13-,16?,17+/m1/s1. The Morgan fingerprint density at radius 1 is 1.41 bits per heavy atom.